The van der Waals surface area contributed by atoms with Gasteiger partial charge in [0, 0.05) is 19.3 Å². The topological polar surface area (TPSA) is 73.1 Å². The highest BCUT2D eigenvalue weighted by atomic mass is 35.5. The third-order valence-electron chi connectivity index (χ3n) is 2.40. The summed E-state index contributed by atoms with van der Waals surface area (Å²) in [5.74, 6) is 0.613. The summed E-state index contributed by atoms with van der Waals surface area (Å²) in [5.41, 5.74) is 6.16. The van der Waals surface area contributed by atoms with Crippen LogP contribution < -0.4 is 11.1 Å². The molecule has 6 heteroatoms. The minimum atomic E-state index is 0.291. The highest BCUT2D eigenvalue weighted by molar-refractivity contribution is 6.32. The summed E-state index contributed by atoms with van der Waals surface area (Å²) in [6.45, 7) is 1.55. The van der Waals surface area contributed by atoms with E-state index in [9.17, 15) is 0 Å². The summed E-state index contributed by atoms with van der Waals surface area (Å²) < 4.78 is 5.26. The molecule has 0 unspecified atom stereocenters. The monoisotopic (exact) mass is 228 g/mol. The third-order valence-corrected chi connectivity index (χ3v) is 2.70. The van der Waals surface area contributed by atoms with Gasteiger partial charge in [-0.05, 0) is 12.8 Å². The molecule has 1 aromatic heterocycles. The van der Waals surface area contributed by atoms with Gasteiger partial charge in [0.05, 0.1) is 0 Å². The van der Waals surface area contributed by atoms with Crippen molar-refractivity contribution in [3.8, 4) is 0 Å². The van der Waals surface area contributed by atoms with Gasteiger partial charge in [-0.2, -0.15) is 0 Å². The zero-order chi connectivity index (χ0) is 10.7. The molecule has 1 aliphatic heterocycles. The Bertz CT molecular complexity index is 341. The first-order chi connectivity index (χ1) is 7.27. The van der Waals surface area contributed by atoms with Crippen molar-refractivity contribution < 1.29 is 4.74 Å². The number of nitrogens with zero attached hydrogens (tertiary/aromatic N) is 2. The van der Waals surface area contributed by atoms with Crippen LogP contribution in [0.1, 0.15) is 12.8 Å². The van der Waals surface area contributed by atoms with E-state index in [0.717, 1.165) is 26.1 Å². The Morgan fingerprint density at radius 1 is 1.40 bits per heavy atom. The number of hydrogen-bond acceptors (Lipinski definition) is 5. The lowest BCUT2D eigenvalue weighted by atomic mass is 10.1. The fourth-order valence-corrected chi connectivity index (χ4v) is 1.66. The van der Waals surface area contributed by atoms with Crippen LogP contribution in [0.3, 0.4) is 0 Å². The van der Waals surface area contributed by atoms with E-state index in [1.54, 1.807) is 0 Å². The van der Waals surface area contributed by atoms with E-state index in [4.69, 9.17) is 22.1 Å². The Labute approximate surface area is 93.0 Å². The zero-order valence-corrected chi connectivity index (χ0v) is 9.00. The number of anilines is 2. The molecule has 3 N–H and O–H groups in total. The SMILES string of the molecule is Nc1c(Cl)ncnc1NC1CCOCC1. The van der Waals surface area contributed by atoms with Crippen LogP contribution in [0.15, 0.2) is 6.33 Å². The highest BCUT2D eigenvalue weighted by Crippen LogP contribution is 2.24. The number of nitrogen functional groups attached to an aromatic ring is 1. The number of ether oxygens (including phenoxy) is 1. The first-order valence-electron chi connectivity index (χ1n) is 4.87. The molecule has 2 rings (SSSR count). The van der Waals surface area contributed by atoms with Crippen LogP contribution in [0, 0.1) is 0 Å². The fraction of sp³-hybridized carbons (Fsp3) is 0.556. The quantitative estimate of drug-likeness (QED) is 0.747. The van der Waals surface area contributed by atoms with Crippen molar-refractivity contribution in [3.63, 3.8) is 0 Å². The number of hydrogen-bond donors (Lipinski definition) is 2. The van der Waals surface area contributed by atoms with Gasteiger partial charge in [0.1, 0.15) is 12.0 Å². The maximum absolute atomic E-state index is 5.79. The molecule has 5 nitrogen and oxygen atoms in total. The second kappa shape index (κ2) is 4.63. The molecule has 1 aromatic rings. The summed E-state index contributed by atoms with van der Waals surface area (Å²) in [6.07, 6.45) is 3.32. The molecule has 1 fully saturated rings. The molecule has 0 bridgehead atoms. The highest BCUT2D eigenvalue weighted by Gasteiger charge is 2.15. The molecule has 0 radical (unpaired) electrons. The van der Waals surface area contributed by atoms with Crippen molar-refractivity contribution in [1.29, 1.82) is 0 Å². The van der Waals surface area contributed by atoms with Crippen LogP contribution in [-0.2, 0) is 4.74 Å². The van der Waals surface area contributed by atoms with E-state index in [-0.39, 0.29) is 0 Å². The molecule has 0 spiro atoms. The molecule has 0 atom stereocenters. The summed E-state index contributed by atoms with van der Waals surface area (Å²) in [7, 11) is 0. The molecule has 0 amide bonds. The average molecular weight is 229 g/mol. The Morgan fingerprint density at radius 3 is 2.87 bits per heavy atom. The summed E-state index contributed by atoms with van der Waals surface area (Å²) in [5, 5.41) is 3.54. The number of halogens is 1. The number of nitrogens with two attached hydrogens (primary N) is 1. The second-order valence-corrected chi connectivity index (χ2v) is 3.82. The van der Waals surface area contributed by atoms with Gasteiger partial charge < -0.3 is 15.8 Å². The number of nitrogens with one attached hydrogen (secondary N) is 1. The van der Waals surface area contributed by atoms with Gasteiger partial charge in [-0.3, -0.25) is 0 Å². The van der Waals surface area contributed by atoms with E-state index < -0.39 is 0 Å². The predicted octanol–water partition coefficient (Wildman–Crippen LogP) is 1.30. The van der Waals surface area contributed by atoms with Crippen molar-refractivity contribution in [2.24, 2.45) is 0 Å². The van der Waals surface area contributed by atoms with E-state index in [0.29, 0.717) is 22.7 Å². The molecular weight excluding hydrogens is 216 g/mol. The summed E-state index contributed by atoms with van der Waals surface area (Å²) >= 11 is 5.79. The first-order valence-corrected chi connectivity index (χ1v) is 5.25. The van der Waals surface area contributed by atoms with Crippen molar-refractivity contribution in [1.82, 2.24) is 9.97 Å². The smallest absolute Gasteiger partial charge is 0.157 e. The second-order valence-electron chi connectivity index (χ2n) is 3.46. The molecule has 1 aliphatic rings. The van der Waals surface area contributed by atoms with E-state index >= 15 is 0 Å². The Balaban J connectivity index is 2.06. The van der Waals surface area contributed by atoms with Gasteiger partial charge in [0.25, 0.3) is 0 Å². The predicted molar refractivity (Wildman–Crippen MR) is 58.9 cm³/mol. The fourth-order valence-electron chi connectivity index (χ4n) is 1.52. The molecule has 0 aliphatic carbocycles. The lowest BCUT2D eigenvalue weighted by Gasteiger charge is -2.24. The van der Waals surface area contributed by atoms with Crippen LogP contribution in [0.2, 0.25) is 5.15 Å². The molecule has 0 saturated carbocycles. The molecular formula is C9H13ClN4O. The average Bonchev–Trinajstić information content (AvgIpc) is 2.26. The van der Waals surface area contributed by atoms with Gasteiger partial charge in [-0.1, -0.05) is 11.6 Å². The molecule has 82 valence electrons. The van der Waals surface area contributed by atoms with Crippen LogP contribution in [-0.4, -0.2) is 29.2 Å². The lowest BCUT2D eigenvalue weighted by molar-refractivity contribution is 0.0904. The Kier molecular flexibility index (Phi) is 3.23. The number of rotatable bonds is 2. The van der Waals surface area contributed by atoms with Crippen molar-refractivity contribution in [2.75, 3.05) is 24.3 Å². The summed E-state index contributed by atoms with van der Waals surface area (Å²) in [6, 6.07) is 0.354. The third kappa shape index (κ3) is 2.49. The Hall–Kier alpha value is -1.07. The normalized spacial score (nSPS) is 17.7. The molecule has 2 heterocycles. The zero-order valence-electron chi connectivity index (χ0n) is 8.24. The molecule has 0 aromatic carbocycles. The molecule has 1 saturated heterocycles. The summed E-state index contributed by atoms with van der Waals surface area (Å²) in [4.78, 5) is 7.86. The van der Waals surface area contributed by atoms with Gasteiger partial charge >= 0.3 is 0 Å². The molecule has 15 heavy (non-hydrogen) atoms. The van der Waals surface area contributed by atoms with E-state index in [1.165, 1.54) is 6.33 Å². The van der Waals surface area contributed by atoms with Crippen LogP contribution >= 0.6 is 11.6 Å². The van der Waals surface area contributed by atoms with Gasteiger partial charge in [-0.25, -0.2) is 9.97 Å². The van der Waals surface area contributed by atoms with Gasteiger partial charge in [0.2, 0.25) is 0 Å². The van der Waals surface area contributed by atoms with Gasteiger partial charge in [-0.15, -0.1) is 0 Å². The van der Waals surface area contributed by atoms with Crippen molar-refractivity contribution >= 4 is 23.1 Å². The maximum atomic E-state index is 5.79. The van der Waals surface area contributed by atoms with E-state index in [2.05, 4.69) is 15.3 Å². The standard InChI is InChI=1S/C9H13ClN4O/c10-8-7(11)9(13-5-12-8)14-6-1-3-15-4-2-6/h5-6H,1-4,11H2,(H,12,13,14). The largest absolute Gasteiger partial charge is 0.393 e. The maximum Gasteiger partial charge on any atom is 0.157 e. The van der Waals surface area contributed by atoms with Crippen molar-refractivity contribution in [3.05, 3.63) is 11.5 Å². The number of aromatic nitrogens is 2. The van der Waals surface area contributed by atoms with Gasteiger partial charge in [0.15, 0.2) is 11.0 Å². The lowest BCUT2D eigenvalue weighted by Crippen LogP contribution is -2.28. The minimum absolute atomic E-state index is 0.291. The minimum Gasteiger partial charge on any atom is -0.393 e. The van der Waals surface area contributed by atoms with Crippen LogP contribution in [0.5, 0.6) is 0 Å². The Morgan fingerprint density at radius 2 is 2.13 bits per heavy atom. The van der Waals surface area contributed by atoms with Crippen molar-refractivity contribution in [2.45, 2.75) is 18.9 Å². The van der Waals surface area contributed by atoms with E-state index in [1.807, 2.05) is 0 Å². The first kappa shape index (κ1) is 10.4. The van der Waals surface area contributed by atoms with Crippen LogP contribution in [0.4, 0.5) is 11.5 Å². The van der Waals surface area contributed by atoms with Crippen LogP contribution in [0.25, 0.3) is 0 Å².